The Morgan fingerprint density at radius 2 is 1.84 bits per heavy atom. The van der Waals surface area contributed by atoms with Crippen LogP contribution in [0.4, 0.5) is 17.5 Å². The number of benzene rings is 1. The highest BCUT2D eigenvalue weighted by atomic mass is 17.2. The summed E-state index contributed by atoms with van der Waals surface area (Å²) in [5.41, 5.74) is 8.10. The molecule has 0 spiro atoms. The molecule has 9 heteroatoms. The van der Waals surface area contributed by atoms with Crippen molar-refractivity contribution < 1.29 is 24.0 Å². The van der Waals surface area contributed by atoms with E-state index in [0.29, 0.717) is 46.9 Å². The number of rotatable bonds is 6. The molecule has 0 bridgehead atoms. The molecule has 3 N–H and O–H groups in total. The fourth-order valence-electron chi connectivity index (χ4n) is 2.35. The van der Waals surface area contributed by atoms with E-state index in [-0.39, 0.29) is 0 Å². The standard InChI is InChI=1S/C16H18N4O5/c1-21-12-4-10(5-13(22-2)14(12)23-3)19-16-18-6-11(15(17)20-16)9-7-24-25-8-9/h4-7H,8H2,1-3H3,(H3,17,18,19,20). The highest BCUT2D eigenvalue weighted by molar-refractivity contribution is 5.74. The molecule has 1 aliphatic heterocycles. The van der Waals surface area contributed by atoms with Gasteiger partial charge < -0.3 is 30.1 Å². The van der Waals surface area contributed by atoms with Crippen LogP contribution in [-0.4, -0.2) is 37.9 Å². The molecule has 0 saturated heterocycles. The van der Waals surface area contributed by atoms with Crippen LogP contribution in [0.1, 0.15) is 5.56 Å². The molecule has 0 saturated carbocycles. The van der Waals surface area contributed by atoms with E-state index in [1.54, 1.807) is 39.7 Å². The largest absolute Gasteiger partial charge is 0.493 e. The summed E-state index contributed by atoms with van der Waals surface area (Å²) < 4.78 is 15.9. The van der Waals surface area contributed by atoms with Crippen molar-refractivity contribution in [2.75, 3.05) is 39.0 Å². The Hall–Kier alpha value is -3.20. The topological polar surface area (TPSA) is 110 Å². The number of nitrogens with zero attached hydrogens (tertiary/aromatic N) is 2. The van der Waals surface area contributed by atoms with Crippen LogP contribution in [0.15, 0.2) is 24.6 Å². The lowest BCUT2D eigenvalue weighted by Crippen LogP contribution is -2.05. The van der Waals surface area contributed by atoms with E-state index in [9.17, 15) is 0 Å². The Morgan fingerprint density at radius 3 is 2.36 bits per heavy atom. The van der Waals surface area contributed by atoms with Crippen LogP contribution in [0.5, 0.6) is 17.2 Å². The SMILES string of the molecule is COc1cc(Nc2ncc(C3=COOC3)c(N)n2)cc(OC)c1OC. The number of nitrogens with two attached hydrogens (primary N) is 1. The Morgan fingerprint density at radius 1 is 1.12 bits per heavy atom. The first-order chi connectivity index (χ1) is 12.2. The predicted molar refractivity (Wildman–Crippen MR) is 90.8 cm³/mol. The molecule has 0 amide bonds. The first-order valence-corrected chi connectivity index (χ1v) is 7.33. The van der Waals surface area contributed by atoms with Crippen molar-refractivity contribution in [2.45, 2.75) is 0 Å². The predicted octanol–water partition coefficient (Wildman–Crippen LogP) is 2.13. The van der Waals surface area contributed by atoms with Gasteiger partial charge in [0.2, 0.25) is 11.7 Å². The summed E-state index contributed by atoms with van der Waals surface area (Å²) in [4.78, 5) is 18.1. The summed E-state index contributed by atoms with van der Waals surface area (Å²) >= 11 is 0. The third-order valence-corrected chi connectivity index (χ3v) is 3.56. The van der Waals surface area contributed by atoms with Gasteiger partial charge in [0.1, 0.15) is 18.7 Å². The van der Waals surface area contributed by atoms with E-state index in [1.165, 1.54) is 6.26 Å². The second kappa shape index (κ2) is 7.14. The van der Waals surface area contributed by atoms with Crippen LogP contribution in [0, 0.1) is 0 Å². The zero-order valence-electron chi connectivity index (χ0n) is 14.0. The first kappa shape index (κ1) is 16.7. The first-order valence-electron chi connectivity index (χ1n) is 7.33. The number of nitrogen functional groups attached to an aromatic ring is 1. The van der Waals surface area contributed by atoms with Crippen LogP contribution in [0.3, 0.4) is 0 Å². The van der Waals surface area contributed by atoms with Crippen molar-refractivity contribution in [2.24, 2.45) is 0 Å². The highest BCUT2D eigenvalue weighted by Gasteiger charge is 2.16. The lowest BCUT2D eigenvalue weighted by Gasteiger charge is -2.15. The number of methoxy groups -OCH3 is 3. The van der Waals surface area contributed by atoms with Crippen molar-refractivity contribution in [3.8, 4) is 17.2 Å². The zero-order chi connectivity index (χ0) is 17.8. The smallest absolute Gasteiger partial charge is 0.229 e. The molecule has 2 aromatic rings. The van der Waals surface area contributed by atoms with Gasteiger partial charge >= 0.3 is 0 Å². The van der Waals surface area contributed by atoms with E-state index in [1.807, 2.05) is 0 Å². The monoisotopic (exact) mass is 346 g/mol. The van der Waals surface area contributed by atoms with Gasteiger partial charge in [-0.05, 0) is 0 Å². The minimum atomic E-state index is 0.299. The number of anilines is 3. The quantitative estimate of drug-likeness (QED) is 0.760. The lowest BCUT2D eigenvalue weighted by atomic mass is 10.1. The van der Waals surface area contributed by atoms with Gasteiger partial charge in [0, 0.05) is 35.2 Å². The summed E-state index contributed by atoms with van der Waals surface area (Å²) in [6.45, 7) is 0.299. The molecular weight excluding hydrogens is 328 g/mol. The minimum absolute atomic E-state index is 0.299. The van der Waals surface area contributed by atoms with E-state index >= 15 is 0 Å². The summed E-state index contributed by atoms with van der Waals surface area (Å²) in [6.07, 6.45) is 3.08. The summed E-state index contributed by atoms with van der Waals surface area (Å²) in [7, 11) is 4.63. The average molecular weight is 346 g/mol. The molecule has 9 nitrogen and oxygen atoms in total. The molecule has 3 rings (SSSR count). The Labute approximate surface area is 144 Å². The van der Waals surface area contributed by atoms with Crippen LogP contribution in [-0.2, 0) is 9.78 Å². The fourth-order valence-corrected chi connectivity index (χ4v) is 2.35. The average Bonchev–Trinajstić information content (AvgIpc) is 3.15. The number of aromatic nitrogens is 2. The molecule has 0 fully saturated rings. The van der Waals surface area contributed by atoms with E-state index in [0.717, 1.165) is 5.57 Å². The molecule has 1 aromatic heterocycles. The molecule has 132 valence electrons. The van der Waals surface area contributed by atoms with Crippen molar-refractivity contribution in [3.05, 3.63) is 30.2 Å². The highest BCUT2D eigenvalue weighted by Crippen LogP contribution is 2.40. The van der Waals surface area contributed by atoms with Crippen molar-refractivity contribution in [3.63, 3.8) is 0 Å². The number of hydrogen-bond donors (Lipinski definition) is 2. The number of nitrogens with one attached hydrogen (secondary N) is 1. The Bertz CT molecular complexity index is 784. The maximum Gasteiger partial charge on any atom is 0.229 e. The summed E-state index contributed by atoms with van der Waals surface area (Å²) in [5.74, 6) is 2.17. The van der Waals surface area contributed by atoms with Gasteiger partial charge in [0.15, 0.2) is 11.5 Å². The normalized spacial score (nSPS) is 13.0. The third-order valence-electron chi connectivity index (χ3n) is 3.56. The Kier molecular flexibility index (Phi) is 4.75. The molecule has 2 heterocycles. The minimum Gasteiger partial charge on any atom is -0.493 e. The number of ether oxygens (including phenoxy) is 3. The number of hydrogen-bond acceptors (Lipinski definition) is 9. The third kappa shape index (κ3) is 3.36. The fraction of sp³-hybridized carbons (Fsp3) is 0.250. The van der Waals surface area contributed by atoms with Gasteiger partial charge in [-0.2, -0.15) is 9.87 Å². The lowest BCUT2D eigenvalue weighted by molar-refractivity contribution is -0.220. The van der Waals surface area contributed by atoms with Gasteiger partial charge in [0.05, 0.1) is 21.3 Å². The van der Waals surface area contributed by atoms with Gasteiger partial charge in [-0.15, -0.1) is 0 Å². The maximum atomic E-state index is 6.00. The van der Waals surface area contributed by atoms with Crippen molar-refractivity contribution in [1.29, 1.82) is 0 Å². The molecule has 0 atom stereocenters. The van der Waals surface area contributed by atoms with Crippen molar-refractivity contribution in [1.82, 2.24) is 9.97 Å². The van der Waals surface area contributed by atoms with Crippen molar-refractivity contribution >= 4 is 23.0 Å². The van der Waals surface area contributed by atoms with Crippen LogP contribution in [0.2, 0.25) is 0 Å². The molecule has 0 radical (unpaired) electrons. The van der Waals surface area contributed by atoms with E-state index < -0.39 is 0 Å². The van der Waals surface area contributed by atoms with Crippen LogP contribution < -0.4 is 25.3 Å². The molecule has 0 aliphatic carbocycles. The Balaban J connectivity index is 1.88. The van der Waals surface area contributed by atoms with E-state index in [2.05, 4.69) is 15.3 Å². The van der Waals surface area contributed by atoms with E-state index in [4.69, 9.17) is 29.7 Å². The molecule has 1 aromatic carbocycles. The van der Waals surface area contributed by atoms with Crippen LogP contribution in [0.25, 0.3) is 5.57 Å². The van der Waals surface area contributed by atoms with Gasteiger partial charge in [-0.25, -0.2) is 4.98 Å². The molecule has 25 heavy (non-hydrogen) atoms. The van der Waals surface area contributed by atoms with Gasteiger partial charge in [0.25, 0.3) is 0 Å². The zero-order valence-corrected chi connectivity index (χ0v) is 14.0. The molecule has 0 unspecified atom stereocenters. The van der Waals surface area contributed by atoms with Gasteiger partial charge in [-0.3, -0.25) is 0 Å². The summed E-state index contributed by atoms with van der Waals surface area (Å²) in [5, 5.41) is 3.06. The van der Waals surface area contributed by atoms with Crippen LogP contribution >= 0.6 is 0 Å². The second-order valence-electron chi connectivity index (χ2n) is 5.03. The second-order valence-corrected chi connectivity index (χ2v) is 5.03. The molecule has 1 aliphatic rings. The molecular formula is C16H18N4O5. The van der Waals surface area contributed by atoms with Gasteiger partial charge in [-0.1, -0.05) is 0 Å². The maximum absolute atomic E-state index is 6.00. The summed E-state index contributed by atoms with van der Waals surface area (Å²) in [6, 6.07) is 3.49.